The number of nitrogens with zero attached hydrogens (tertiary/aromatic N) is 6. The van der Waals surface area contributed by atoms with Gasteiger partial charge in [0.1, 0.15) is 23.2 Å². The Kier molecular flexibility index (Phi) is 5.53. The Morgan fingerprint density at radius 3 is 2.34 bits per heavy atom. The Morgan fingerprint density at radius 1 is 0.780 bits per heavy atom. The minimum Gasteiger partial charge on any atom is -0.330 e. The van der Waals surface area contributed by atoms with Crippen LogP contribution in [0.1, 0.15) is 64.5 Å². The number of amidine groups is 1. The van der Waals surface area contributed by atoms with Crippen LogP contribution in [-0.2, 0) is 5.41 Å². The second-order valence-electron chi connectivity index (χ2n) is 13.4. The highest BCUT2D eigenvalue weighted by Gasteiger charge is 2.41. The first-order valence-electron chi connectivity index (χ1n) is 14.4. The fourth-order valence-corrected chi connectivity index (χ4v) is 6.06. The van der Waals surface area contributed by atoms with Gasteiger partial charge in [0.25, 0.3) is 0 Å². The fraction of sp³-hybridized carbons (Fsp3) is 0.314. The number of hydrogen-bond donors (Lipinski definition) is 0. The third-order valence-electron chi connectivity index (χ3n) is 8.11. The second-order valence-corrected chi connectivity index (χ2v) is 13.4. The highest BCUT2D eigenvalue weighted by atomic mass is 15.2. The quantitative estimate of drug-likeness (QED) is 0.226. The van der Waals surface area contributed by atoms with Crippen LogP contribution in [0.15, 0.2) is 82.9 Å². The van der Waals surface area contributed by atoms with Crippen molar-refractivity contribution in [3.8, 4) is 5.69 Å². The second kappa shape index (κ2) is 8.84. The minimum atomic E-state index is -0.135. The lowest BCUT2D eigenvalue weighted by atomic mass is 9.93. The Morgan fingerprint density at radius 2 is 1.56 bits per heavy atom. The molecule has 0 saturated carbocycles. The van der Waals surface area contributed by atoms with Crippen molar-refractivity contribution in [1.82, 2.24) is 14.5 Å². The van der Waals surface area contributed by atoms with E-state index in [1.54, 1.807) is 0 Å². The maximum Gasteiger partial charge on any atom is 0.134 e. The molecule has 2 aliphatic rings. The summed E-state index contributed by atoms with van der Waals surface area (Å²) in [6.07, 6.45) is 4.08. The SMILES string of the molecule is Cc1ccc2c3nc(C(C)(C)C)ncc3n(-c3cccc(N4c5ccccc5C5N=C(C(C)(C)C)N=CC54)c3)c2c1. The van der Waals surface area contributed by atoms with Crippen LogP contribution in [0.25, 0.3) is 27.6 Å². The summed E-state index contributed by atoms with van der Waals surface area (Å²) < 4.78 is 2.30. The van der Waals surface area contributed by atoms with E-state index in [1.807, 2.05) is 6.20 Å². The molecule has 0 spiro atoms. The van der Waals surface area contributed by atoms with Crippen LogP contribution in [0.3, 0.4) is 0 Å². The number of rotatable bonds is 2. The van der Waals surface area contributed by atoms with Gasteiger partial charge in [0.05, 0.1) is 23.3 Å². The summed E-state index contributed by atoms with van der Waals surface area (Å²) in [5, 5.41) is 1.14. The summed E-state index contributed by atoms with van der Waals surface area (Å²) in [4.78, 5) is 22.3. The van der Waals surface area contributed by atoms with Crippen molar-refractivity contribution < 1.29 is 0 Å². The molecule has 0 saturated heterocycles. The zero-order chi connectivity index (χ0) is 28.7. The number of aryl methyl sites for hydroxylation is 1. The zero-order valence-electron chi connectivity index (χ0n) is 24.8. The van der Waals surface area contributed by atoms with E-state index >= 15 is 0 Å². The van der Waals surface area contributed by atoms with Crippen LogP contribution in [-0.4, -0.2) is 32.6 Å². The van der Waals surface area contributed by atoms with Crippen LogP contribution in [0, 0.1) is 12.3 Å². The molecular weight excluding hydrogens is 504 g/mol. The molecule has 6 nitrogen and oxygen atoms in total. The topological polar surface area (TPSA) is 58.7 Å². The first kappa shape index (κ1) is 25.6. The van der Waals surface area contributed by atoms with Crippen LogP contribution in [0.5, 0.6) is 0 Å². The molecule has 4 heterocycles. The lowest BCUT2D eigenvalue weighted by molar-refractivity contribution is 0.548. The summed E-state index contributed by atoms with van der Waals surface area (Å²) >= 11 is 0. The third kappa shape index (κ3) is 4.07. The van der Waals surface area contributed by atoms with E-state index in [0.717, 1.165) is 45.0 Å². The summed E-state index contributed by atoms with van der Waals surface area (Å²) in [5.74, 6) is 1.75. The third-order valence-corrected chi connectivity index (χ3v) is 8.11. The molecule has 206 valence electrons. The van der Waals surface area contributed by atoms with Gasteiger partial charge in [-0.2, -0.15) is 0 Å². The zero-order valence-corrected chi connectivity index (χ0v) is 24.8. The molecule has 0 amide bonds. The molecule has 0 bridgehead atoms. The Labute approximate surface area is 241 Å². The van der Waals surface area contributed by atoms with E-state index in [0.29, 0.717) is 0 Å². The van der Waals surface area contributed by atoms with E-state index in [2.05, 4.69) is 131 Å². The Balaban J connectivity index is 1.40. The molecular formula is C35H36N6. The summed E-state index contributed by atoms with van der Waals surface area (Å²) in [5.41, 5.74) is 8.71. The maximum absolute atomic E-state index is 5.18. The summed E-state index contributed by atoms with van der Waals surface area (Å²) in [6, 6.07) is 24.0. The van der Waals surface area contributed by atoms with Crippen LogP contribution >= 0.6 is 0 Å². The number of para-hydroxylation sites is 1. The molecule has 2 aromatic heterocycles. The Bertz CT molecular complexity index is 1900. The standard InChI is InChI=1S/C35H36N6/c1-21-15-16-25-27(17-21)41(29-20-37-33(35(5,6)7)39-31(25)29)23-12-10-11-22(18-23)40-26-14-9-8-13-24(26)30-28(40)19-36-32(38-30)34(2,3)4/h8-20,28,30H,1-7H3. The van der Waals surface area contributed by atoms with Crippen molar-refractivity contribution in [2.75, 3.05) is 4.90 Å². The maximum atomic E-state index is 5.18. The van der Waals surface area contributed by atoms with Crippen molar-refractivity contribution in [3.05, 3.63) is 89.9 Å². The van der Waals surface area contributed by atoms with Crippen LogP contribution in [0.4, 0.5) is 11.4 Å². The van der Waals surface area contributed by atoms with Gasteiger partial charge in [-0.1, -0.05) is 77.9 Å². The van der Waals surface area contributed by atoms with E-state index in [-0.39, 0.29) is 22.9 Å². The van der Waals surface area contributed by atoms with Crippen molar-refractivity contribution in [2.45, 2.75) is 66.0 Å². The molecule has 0 N–H and O–H groups in total. The number of anilines is 2. The van der Waals surface area contributed by atoms with Crippen LogP contribution in [0.2, 0.25) is 0 Å². The molecule has 0 fully saturated rings. The molecule has 3 aromatic carbocycles. The average Bonchev–Trinajstić information content (AvgIpc) is 3.43. The minimum absolute atomic E-state index is 0.0155. The van der Waals surface area contributed by atoms with Crippen molar-refractivity contribution in [2.24, 2.45) is 15.4 Å². The molecule has 5 aromatic rings. The lowest BCUT2D eigenvalue weighted by Crippen LogP contribution is -2.35. The van der Waals surface area contributed by atoms with Crippen LogP contribution < -0.4 is 4.90 Å². The first-order valence-corrected chi connectivity index (χ1v) is 14.4. The summed E-state index contributed by atoms with van der Waals surface area (Å²) in [6.45, 7) is 15.1. The number of aliphatic imine (C=N–C) groups is 2. The normalized spacial score (nSPS) is 18.6. The molecule has 7 rings (SSSR count). The molecule has 0 aliphatic carbocycles. The van der Waals surface area contributed by atoms with E-state index in [1.165, 1.54) is 16.8 Å². The van der Waals surface area contributed by atoms with E-state index in [9.17, 15) is 0 Å². The number of benzene rings is 3. The largest absolute Gasteiger partial charge is 0.330 e. The van der Waals surface area contributed by atoms with Gasteiger partial charge in [0.2, 0.25) is 0 Å². The summed E-state index contributed by atoms with van der Waals surface area (Å²) in [7, 11) is 0. The lowest BCUT2D eigenvalue weighted by Gasteiger charge is -2.30. The average molecular weight is 541 g/mol. The van der Waals surface area contributed by atoms with E-state index in [4.69, 9.17) is 20.0 Å². The van der Waals surface area contributed by atoms with Gasteiger partial charge >= 0.3 is 0 Å². The van der Waals surface area contributed by atoms with Gasteiger partial charge in [-0.3, -0.25) is 4.99 Å². The Hall–Kier alpha value is -4.32. The van der Waals surface area contributed by atoms with Crippen molar-refractivity contribution >= 4 is 45.4 Å². The number of aromatic nitrogens is 3. The van der Waals surface area contributed by atoms with Gasteiger partial charge in [-0.05, 0) is 42.8 Å². The predicted molar refractivity (Wildman–Crippen MR) is 170 cm³/mol. The van der Waals surface area contributed by atoms with Gasteiger partial charge in [-0.15, -0.1) is 0 Å². The molecule has 2 aliphatic heterocycles. The van der Waals surface area contributed by atoms with Crippen molar-refractivity contribution in [3.63, 3.8) is 0 Å². The monoisotopic (exact) mass is 540 g/mol. The van der Waals surface area contributed by atoms with Crippen molar-refractivity contribution in [1.29, 1.82) is 0 Å². The molecule has 41 heavy (non-hydrogen) atoms. The number of fused-ring (bicyclic) bond motifs is 6. The predicted octanol–water partition coefficient (Wildman–Crippen LogP) is 8.27. The molecule has 2 atom stereocenters. The van der Waals surface area contributed by atoms with Gasteiger partial charge in [0, 0.05) is 45.1 Å². The van der Waals surface area contributed by atoms with Gasteiger partial charge in [0.15, 0.2) is 0 Å². The first-order chi connectivity index (χ1) is 19.5. The molecule has 2 unspecified atom stereocenters. The molecule has 0 radical (unpaired) electrons. The molecule has 6 heteroatoms. The smallest absolute Gasteiger partial charge is 0.134 e. The van der Waals surface area contributed by atoms with Gasteiger partial charge in [-0.25, -0.2) is 15.0 Å². The van der Waals surface area contributed by atoms with E-state index < -0.39 is 0 Å². The number of hydrogen-bond acceptors (Lipinski definition) is 5. The van der Waals surface area contributed by atoms with Gasteiger partial charge < -0.3 is 9.47 Å². The highest BCUT2D eigenvalue weighted by Crippen LogP contribution is 2.47. The highest BCUT2D eigenvalue weighted by molar-refractivity contribution is 6.07. The fourth-order valence-electron chi connectivity index (χ4n) is 6.06.